The molecule has 2 bridgehead atoms. The summed E-state index contributed by atoms with van der Waals surface area (Å²) in [5.74, 6) is 2.43. The van der Waals surface area contributed by atoms with Crippen molar-refractivity contribution < 1.29 is 13.7 Å². The Labute approximate surface area is 264 Å². The van der Waals surface area contributed by atoms with E-state index in [1.54, 1.807) is 23.0 Å². The number of rotatable bonds is 1. The van der Waals surface area contributed by atoms with Gasteiger partial charge in [-0.1, -0.05) is 6.92 Å². The average molecular weight is 631 g/mol. The maximum atomic E-state index is 13.9. The molecule has 1 atom stereocenters. The number of anilines is 1. The van der Waals surface area contributed by atoms with Crippen LogP contribution < -0.4 is 15.4 Å². The van der Waals surface area contributed by atoms with Gasteiger partial charge in [-0.3, -0.25) is 15.1 Å². The summed E-state index contributed by atoms with van der Waals surface area (Å²) in [5, 5.41) is 10.9. The van der Waals surface area contributed by atoms with Gasteiger partial charge in [-0.15, -0.1) is 0 Å². The van der Waals surface area contributed by atoms with Crippen LogP contribution in [0, 0.1) is 18.3 Å². The fraction of sp³-hybridized carbons (Fsp3) is 0.515. The molecule has 7 rings (SSSR count). The number of ether oxygens (including phenoxy) is 1. The topological polar surface area (TPSA) is 128 Å². The molecule has 2 saturated heterocycles. The Morgan fingerprint density at radius 1 is 1.09 bits per heavy atom. The number of aryl methyl sites for hydroxylation is 2. The molecule has 45 heavy (non-hydrogen) atoms. The fourth-order valence-corrected chi connectivity index (χ4v) is 9.44. The maximum absolute atomic E-state index is 13.9. The van der Waals surface area contributed by atoms with Crippen LogP contribution in [-0.2, 0) is 23.3 Å². The van der Waals surface area contributed by atoms with Crippen LogP contribution in [0.5, 0.6) is 5.88 Å². The number of amides is 1. The van der Waals surface area contributed by atoms with Crippen molar-refractivity contribution in [2.45, 2.75) is 58.9 Å². The Kier molecular flexibility index (Phi) is 7.89. The number of nitrogens with zero attached hydrogens (tertiary/aromatic N) is 6. The largest absolute Gasteiger partial charge is 0.477 e. The molecular weight excluding hydrogens is 588 g/mol. The lowest BCUT2D eigenvalue weighted by Gasteiger charge is -2.41. The molecule has 0 radical (unpaired) electrons. The van der Waals surface area contributed by atoms with Gasteiger partial charge in [-0.25, -0.2) is 13.9 Å². The minimum atomic E-state index is -2.33. The van der Waals surface area contributed by atoms with Gasteiger partial charge in [-0.2, -0.15) is 9.46 Å². The third-order valence-electron chi connectivity index (χ3n) is 9.75. The van der Waals surface area contributed by atoms with Gasteiger partial charge in [0.15, 0.2) is 0 Å². The predicted molar refractivity (Wildman–Crippen MR) is 176 cm³/mol. The summed E-state index contributed by atoms with van der Waals surface area (Å²) in [7, 11) is -0.484. The molecule has 2 fully saturated rings. The second-order valence-electron chi connectivity index (χ2n) is 13.2. The van der Waals surface area contributed by atoms with Crippen LogP contribution in [0.25, 0.3) is 22.3 Å². The normalized spacial score (nSPS) is 21.6. The Bertz CT molecular complexity index is 1860. The van der Waals surface area contributed by atoms with Crippen LogP contribution in [0.1, 0.15) is 61.5 Å². The number of carbonyl (C=O) groups excluding carboxylic acids is 1. The van der Waals surface area contributed by atoms with Crippen LogP contribution in [0.15, 0.2) is 40.9 Å². The minimum absolute atomic E-state index is 0.269. The number of carbonyl (C=O) groups is 1. The molecule has 12 heteroatoms. The van der Waals surface area contributed by atoms with Crippen LogP contribution >= 0.6 is 0 Å². The van der Waals surface area contributed by atoms with Crippen LogP contribution in [0.3, 0.4) is 0 Å². The first-order valence-electron chi connectivity index (χ1n) is 16.1. The second kappa shape index (κ2) is 11.9. The highest BCUT2D eigenvalue weighted by molar-refractivity contribution is 7.93. The Balaban J connectivity index is 1.23. The van der Waals surface area contributed by atoms with E-state index in [0.717, 1.165) is 68.2 Å². The zero-order chi connectivity index (χ0) is 31.2. The molecule has 11 nitrogen and oxygen atoms in total. The molecule has 2 N–H and O–H groups in total. The van der Waals surface area contributed by atoms with Crippen molar-refractivity contribution in [1.29, 1.82) is 0 Å². The molecule has 0 unspecified atom stereocenters. The summed E-state index contributed by atoms with van der Waals surface area (Å²) in [6.07, 6.45) is 7.79. The highest BCUT2D eigenvalue weighted by Gasteiger charge is 2.37. The number of hydrogen-bond acceptors (Lipinski definition) is 8. The number of aromatic nitrogens is 5. The highest BCUT2D eigenvalue weighted by Crippen LogP contribution is 2.41. The van der Waals surface area contributed by atoms with Crippen molar-refractivity contribution in [3.05, 3.63) is 47.8 Å². The second-order valence-corrected chi connectivity index (χ2v) is 15.7. The lowest BCUT2D eigenvalue weighted by atomic mass is 9.74. The molecule has 3 aliphatic rings. The monoisotopic (exact) mass is 630 g/mol. The van der Waals surface area contributed by atoms with Gasteiger partial charge in [0.05, 0.1) is 50.5 Å². The molecule has 1 aromatic carbocycles. The molecule has 0 saturated carbocycles. The van der Waals surface area contributed by atoms with E-state index >= 15 is 0 Å². The van der Waals surface area contributed by atoms with Crippen molar-refractivity contribution >= 4 is 38.3 Å². The molecule has 1 amide bonds. The van der Waals surface area contributed by atoms with Gasteiger partial charge >= 0.3 is 0 Å². The number of hydrogen-bond donors (Lipinski definition) is 2. The summed E-state index contributed by atoms with van der Waals surface area (Å²) in [5.41, 5.74) is 5.25. The van der Waals surface area contributed by atoms with Crippen molar-refractivity contribution in [2.75, 3.05) is 36.5 Å². The van der Waals surface area contributed by atoms with Crippen LogP contribution in [0.2, 0.25) is 0 Å². The van der Waals surface area contributed by atoms with Gasteiger partial charge in [0.25, 0.3) is 5.91 Å². The van der Waals surface area contributed by atoms with E-state index in [9.17, 15) is 9.00 Å². The number of piperidine rings is 1. The SMILES string of the molecule is Cc1cc2cc(n1)-c1cnn(C)c1OCCC[C@@H](C)Cn1c(nc3ccc(N=S4(=O)CCC5(CCNCC5)CC4)cc31)NC2=O. The summed E-state index contributed by atoms with van der Waals surface area (Å²) in [6, 6.07) is 9.36. The maximum Gasteiger partial charge on any atom is 0.258 e. The average Bonchev–Trinajstić information content (AvgIpc) is 3.55. The third-order valence-corrected chi connectivity index (χ3v) is 12.0. The van der Waals surface area contributed by atoms with E-state index < -0.39 is 9.73 Å². The predicted octanol–water partition coefficient (Wildman–Crippen LogP) is 5.46. The zero-order valence-electron chi connectivity index (χ0n) is 26.3. The third kappa shape index (κ3) is 6.09. The standard InChI is InChI=1S/C33H42N8O3S/c1-22-5-4-14-44-31-26(20-35-40(31)3)28-18-24(17-23(2)36-28)30(42)38-32-37-27-7-6-25(19-29(27)41(32)21-22)39-45(43)15-10-33(11-16-45)8-12-34-13-9-33/h6-7,17-20,22,34H,4-5,8-16,21H2,1-3H3,(H,37,38,42)/t22-/m1/s1. The first-order chi connectivity index (χ1) is 21.7. The molecule has 6 heterocycles. The summed E-state index contributed by atoms with van der Waals surface area (Å²) in [6.45, 7) is 7.37. The van der Waals surface area contributed by atoms with Crippen molar-refractivity contribution in [3.63, 3.8) is 0 Å². The molecule has 3 aliphatic heterocycles. The van der Waals surface area contributed by atoms with E-state index in [1.807, 2.05) is 32.2 Å². The van der Waals surface area contributed by atoms with E-state index in [2.05, 4.69) is 32.2 Å². The molecule has 1 spiro atoms. The van der Waals surface area contributed by atoms with Crippen LogP contribution in [0.4, 0.5) is 11.6 Å². The van der Waals surface area contributed by atoms with E-state index in [0.29, 0.717) is 64.5 Å². The molecule has 3 aromatic heterocycles. The van der Waals surface area contributed by atoms with Gasteiger partial charge < -0.3 is 14.6 Å². The van der Waals surface area contributed by atoms with Crippen LogP contribution in [-0.4, -0.2) is 65.6 Å². The van der Waals surface area contributed by atoms with Crippen molar-refractivity contribution in [2.24, 2.45) is 22.7 Å². The van der Waals surface area contributed by atoms with E-state index in [-0.39, 0.29) is 11.8 Å². The van der Waals surface area contributed by atoms with Crippen molar-refractivity contribution in [3.8, 4) is 17.1 Å². The number of imidazole rings is 1. The van der Waals surface area contributed by atoms with E-state index in [4.69, 9.17) is 14.1 Å². The lowest BCUT2D eigenvalue weighted by molar-refractivity contribution is 0.102. The van der Waals surface area contributed by atoms with Gasteiger partial charge in [0, 0.05) is 36.4 Å². The number of fused-ring (bicyclic) bond motifs is 7. The Hall–Kier alpha value is -3.77. The van der Waals surface area contributed by atoms with E-state index in [1.165, 1.54) is 0 Å². The quantitative estimate of drug-likeness (QED) is 0.286. The summed E-state index contributed by atoms with van der Waals surface area (Å²) in [4.78, 5) is 23.2. The number of pyridine rings is 1. The lowest BCUT2D eigenvalue weighted by Crippen LogP contribution is -2.41. The smallest absolute Gasteiger partial charge is 0.258 e. The zero-order valence-corrected chi connectivity index (χ0v) is 27.2. The van der Waals surface area contributed by atoms with Gasteiger partial charge in [0.1, 0.15) is 0 Å². The molecular formula is C33H42N8O3S. The highest BCUT2D eigenvalue weighted by atomic mass is 32.2. The number of benzene rings is 1. The molecule has 238 valence electrons. The van der Waals surface area contributed by atoms with Gasteiger partial charge in [-0.05, 0) is 100 Å². The first-order valence-corrected chi connectivity index (χ1v) is 17.9. The summed E-state index contributed by atoms with van der Waals surface area (Å²) < 4.78 is 28.8. The number of nitrogens with one attached hydrogen (secondary N) is 2. The molecule has 0 aliphatic carbocycles. The Morgan fingerprint density at radius 2 is 1.89 bits per heavy atom. The van der Waals surface area contributed by atoms with Crippen molar-refractivity contribution in [1.82, 2.24) is 29.6 Å². The molecule has 4 aromatic rings. The summed E-state index contributed by atoms with van der Waals surface area (Å²) >= 11 is 0. The van der Waals surface area contributed by atoms with Gasteiger partial charge in [0.2, 0.25) is 11.8 Å². The first kappa shape index (κ1) is 29.9. The Morgan fingerprint density at radius 3 is 2.69 bits per heavy atom. The minimum Gasteiger partial charge on any atom is -0.477 e. The fourth-order valence-electron chi connectivity index (χ4n) is 7.06.